The Morgan fingerprint density at radius 1 is 1.17 bits per heavy atom. The summed E-state index contributed by atoms with van der Waals surface area (Å²) < 4.78 is 35.2. The molecular weight excluding hydrogens is 496 g/mol. The predicted octanol–water partition coefficient (Wildman–Crippen LogP) is 4.83. The smallest absolute Gasteiger partial charge is 0.328 e. The summed E-state index contributed by atoms with van der Waals surface area (Å²) in [6, 6.07) is 8.88. The van der Waals surface area contributed by atoms with Crippen LogP contribution in [-0.4, -0.2) is 59.4 Å². The number of tetrazole rings is 1. The predicted molar refractivity (Wildman–Crippen MR) is 142 cm³/mol. The van der Waals surface area contributed by atoms with E-state index >= 15 is 0 Å². The third-order valence-corrected chi connectivity index (χ3v) is 13.2. The normalized spacial score (nSPS) is 16.2. The van der Waals surface area contributed by atoms with Crippen LogP contribution in [0.25, 0.3) is 5.69 Å². The van der Waals surface area contributed by atoms with Crippen LogP contribution in [0, 0.1) is 5.92 Å². The summed E-state index contributed by atoms with van der Waals surface area (Å²) in [5.41, 5.74) is 1.32. The Hall–Kier alpha value is -2.63. The van der Waals surface area contributed by atoms with Gasteiger partial charge in [0, 0.05) is 6.08 Å². The molecule has 0 aliphatic carbocycles. The minimum absolute atomic E-state index is 0.0769. The molecule has 3 atom stereocenters. The van der Waals surface area contributed by atoms with E-state index in [-0.39, 0.29) is 22.5 Å². The summed E-state index contributed by atoms with van der Waals surface area (Å²) in [6.45, 7) is 16.1. The lowest BCUT2D eigenvalue weighted by atomic mass is 9.98. The van der Waals surface area contributed by atoms with Gasteiger partial charge in [-0.1, -0.05) is 68.7 Å². The van der Waals surface area contributed by atoms with Gasteiger partial charge in [-0.2, -0.15) is 4.68 Å². The van der Waals surface area contributed by atoms with Gasteiger partial charge in [-0.15, -0.1) is 0 Å². The molecule has 9 nitrogen and oxygen atoms in total. The van der Waals surface area contributed by atoms with Crippen molar-refractivity contribution in [1.82, 2.24) is 20.2 Å². The van der Waals surface area contributed by atoms with Gasteiger partial charge in [-0.3, -0.25) is 0 Å². The number of para-hydroxylation sites is 1. The quantitative estimate of drug-likeness (QED) is 0.247. The van der Waals surface area contributed by atoms with E-state index in [0.29, 0.717) is 5.69 Å². The molecule has 0 radical (unpaired) electrons. The second kappa shape index (κ2) is 11.6. The summed E-state index contributed by atoms with van der Waals surface area (Å²) in [6.07, 6.45) is 4.34. The average molecular weight is 535 g/mol. The molecular formula is C25H38N4O5SSi. The van der Waals surface area contributed by atoms with Crippen molar-refractivity contribution in [3.63, 3.8) is 0 Å². The number of rotatable bonds is 11. The SMILES string of the molecule is CC(/C=C/C(=O)O)=C\[C@@H](C)[C@@H](CC(C)S(=O)(=O)c1nnnn1-c1ccccc1)O[Si](C)(C)C(C)(C)C. The van der Waals surface area contributed by atoms with Crippen molar-refractivity contribution in [2.24, 2.45) is 5.92 Å². The summed E-state index contributed by atoms with van der Waals surface area (Å²) in [4.78, 5) is 10.9. The molecule has 0 spiro atoms. The van der Waals surface area contributed by atoms with Gasteiger partial charge in [-0.05, 0) is 66.9 Å². The van der Waals surface area contributed by atoms with Crippen LogP contribution < -0.4 is 0 Å². The lowest BCUT2D eigenvalue weighted by Crippen LogP contribution is -2.46. The monoisotopic (exact) mass is 534 g/mol. The summed E-state index contributed by atoms with van der Waals surface area (Å²) >= 11 is 0. The minimum Gasteiger partial charge on any atom is -0.478 e. The van der Waals surface area contributed by atoms with Gasteiger partial charge in [-0.25, -0.2) is 13.2 Å². The van der Waals surface area contributed by atoms with Crippen LogP contribution in [0.4, 0.5) is 0 Å². The largest absolute Gasteiger partial charge is 0.478 e. The fraction of sp³-hybridized carbons (Fsp3) is 0.520. The zero-order valence-electron chi connectivity index (χ0n) is 22.3. The molecule has 0 bridgehead atoms. The Bertz CT molecular complexity index is 1200. The Labute approximate surface area is 215 Å². The molecule has 0 saturated heterocycles. The van der Waals surface area contributed by atoms with Crippen molar-refractivity contribution in [1.29, 1.82) is 0 Å². The van der Waals surface area contributed by atoms with Gasteiger partial charge in [0.15, 0.2) is 8.32 Å². The van der Waals surface area contributed by atoms with Crippen LogP contribution in [0.15, 0.2) is 59.3 Å². The number of nitrogens with zero attached hydrogens (tertiary/aromatic N) is 4. The van der Waals surface area contributed by atoms with E-state index in [0.717, 1.165) is 11.6 Å². The van der Waals surface area contributed by atoms with E-state index < -0.39 is 35.5 Å². The number of carboxylic acid groups (broad SMARTS) is 1. The number of aromatic nitrogens is 4. The third-order valence-electron chi connectivity index (χ3n) is 6.64. The first-order chi connectivity index (χ1) is 16.6. The van der Waals surface area contributed by atoms with Gasteiger partial charge in [0.05, 0.1) is 17.0 Å². The Morgan fingerprint density at radius 3 is 2.33 bits per heavy atom. The molecule has 198 valence electrons. The third kappa shape index (κ3) is 7.44. The second-order valence-corrected chi connectivity index (χ2v) is 17.7. The van der Waals surface area contributed by atoms with Crippen LogP contribution in [0.2, 0.25) is 18.1 Å². The van der Waals surface area contributed by atoms with E-state index in [1.54, 1.807) is 31.2 Å². The van der Waals surface area contributed by atoms with E-state index in [1.165, 1.54) is 10.8 Å². The van der Waals surface area contributed by atoms with Crippen LogP contribution in [0.1, 0.15) is 48.0 Å². The Morgan fingerprint density at radius 2 is 1.78 bits per heavy atom. The maximum atomic E-state index is 13.6. The number of carbonyl (C=O) groups is 1. The van der Waals surface area contributed by atoms with E-state index in [2.05, 4.69) is 49.4 Å². The standard InChI is InChI=1S/C25H38N4O5SSi/c1-18(14-15-23(30)31)16-19(2)22(34-36(7,8)25(4,5)6)17-20(3)35(32,33)24-26-27-28-29(24)21-12-10-9-11-13-21/h9-16,19-20,22H,17H2,1-8H3,(H,30,31)/b15-14+,18-16+/t19-,20?,22-/m1/s1. The Kier molecular flexibility index (Phi) is 9.55. The van der Waals surface area contributed by atoms with E-state index in [9.17, 15) is 13.2 Å². The zero-order chi connectivity index (χ0) is 27.3. The zero-order valence-corrected chi connectivity index (χ0v) is 24.2. The van der Waals surface area contributed by atoms with Crippen molar-refractivity contribution in [3.8, 4) is 5.69 Å². The molecule has 2 aromatic rings. The molecule has 0 amide bonds. The number of carboxylic acids is 1. The summed E-state index contributed by atoms with van der Waals surface area (Å²) in [7, 11) is -6.15. The molecule has 1 unspecified atom stereocenters. The average Bonchev–Trinajstić information content (AvgIpc) is 3.27. The van der Waals surface area contributed by atoms with Crippen LogP contribution in [0.3, 0.4) is 0 Å². The first-order valence-corrected chi connectivity index (χ1v) is 16.4. The topological polar surface area (TPSA) is 124 Å². The van der Waals surface area contributed by atoms with Crippen LogP contribution in [-0.2, 0) is 19.1 Å². The van der Waals surface area contributed by atoms with Crippen LogP contribution >= 0.6 is 0 Å². The Balaban J connectivity index is 2.41. The number of aliphatic carboxylic acids is 1. The molecule has 1 heterocycles. The molecule has 11 heteroatoms. The fourth-order valence-electron chi connectivity index (χ4n) is 3.43. The van der Waals surface area contributed by atoms with Crippen molar-refractivity contribution in [2.75, 3.05) is 0 Å². The summed E-state index contributed by atoms with van der Waals surface area (Å²) in [5.74, 6) is -1.19. The molecule has 0 aliphatic heterocycles. The molecule has 1 N–H and O–H groups in total. The molecule has 2 rings (SSSR count). The number of hydrogen-bond acceptors (Lipinski definition) is 7. The molecule has 1 aromatic heterocycles. The lowest BCUT2D eigenvalue weighted by molar-refractivity contribution is -0.131. The number of sulfone groups is 1. The molecule has 36 heavy (non-hydrogen) atoms. The molecule has 0 fully saturated rings. The van der Waals surface area contributed by atoms with Gasteiger partial charge >= 0.3 is 5.97 Å². The number of hydrogen-bond donors (Lipinski definition) is 1. The lowest BCUT2D eigenvalue weighted by Gasteiger charge is -2.41. The van der Waals surface area contributed by atoms with Gasteiger partial charge < -0.3 is 9.53 Å². The fourth-order valence-corrected chi connectivity index (χ4v) is 6.18. The highest BCUT2D eigenvalue weighted by Crippen LogP contribution is 2.39. The maximum absolute atomic E-state index is 13.6. The molecule has 0 saturated carbocycles. The van der Waals surface area contributed by atoms with E-state index in [4.69, 9.17) is 9.53 Å². The van der Waals surface area contributed by atoms with Gasteiger partial charge in [0.25, 0.3) is 5.16 Å². The first-order valence-electron chi connectivity index (χ1n) is 11.9. The minimum atomic E-state index is -3.89. The highest BCUT2D eigenvalue weighted by molar-refractivity contribution is 7.91. The van der Waals surface area contributed by atoms with Crippen molar-refractivity contribution in [3.05, 3.63) is 54.1 Å². The number of allylic oxidation sites excluding steroid dienone is 2. The highest BCUT2D eigenvalue weighted by atomic mass is 32.2. The first kappa shape index (κ1) is 29.6. The highest BCUT2D eigenvalue weighted by Gasteiger charge is 2.41. The van der Waals surface area contributed by atoms with Gasteiger partial charge in [0.2, 0.25) is 9.84 Å². The second-order valence-electron chi connectivity index (χ2n) is 10.7. The van der Waals surface area contributed by atoms with Crippen molar-refractivity contribution in [2.45, 2.75) is 82.6 Å². The van der Waals surface area contributed by atoms with Crippen molar-refractivity contribution < 1.29 is 22.7 Å². The maximum Gasteiger partial charge on any atom is 0.328 e. The summed E-state index contributed by atoms with van der Waals surface area (Å²) in [5, 5.41) is 19.2. The molecule has 0 aliphatic rings. The van der Waals surface area contributed by atoms with Crippen molar-refractivity contribution >= 4 is 24.1 Å². The van der Waals surface area contributed by atoms with Gasteiger partial charge in [0.1, 0.15) is 0 Å². The number of benzene rings is 1. The van der Waals surface area contributed by atoms with Crippen LogP contribution in [0.5, 0.6) is 0 Å². The van der Waals surface area contributed by atoms with E-state index in [1.807, 2.05) is 26.0 Å². The molecule has 1 aromatic carbocycles.